The SMILES string of the molecule is C/C=C(\[N-]C(N)[C@@H]1c2ccccc2-c2cc3c4ccccc4n(-c4ccccc4)c3cc21)C1[N-]C(c2ccccc2)NC(c2cccc3ccccc23)N1. The predicted molar refractivity (Wildman–Crippen MR) is 222 cm³/mol. The van der Waals surface area contributed by atoms with Gasteiger partial charge in [-0.15, -0.1) is 6.08 Å². The average Bonchev–Trinajstić information content (AvgIpc) is 3.74. The van der Waals surface area contributed by atoms with Crippen LogP contribution in [0.2, 0.25) is 0 Å². The Hall–Kier alpha value is -6.02. The highest BCUT2D eigenvalue weighted by atomic mass is 15.4. The lowest BCUT2D eigenvalue weighted by atomic mass is 9.93. The number of nitrogens with zero attached hydrogens (tertiary/aromatic N) is 3. The molecule has 0 bridgehead atoms. The Labute approximate surface area is 315 Å². The minimum Gasteiger partial charge on any atom is -0.673 e. The lowest BCUT2D eigenvalue weighted by Gasteiger charge is -2.55. The molecule has 6 nitrogen and oxygen atoms in total. The number of rotatable bonds is 7. The molecule has 8 aromatic rings. The van der Waals surface area contributed by atoms with Gasteiger partial charge in [-0.2, -0.15) is 5.70 Å². The molecule has 0 spiro atoms. The fraction of sp³-hybridized carbons (Fsp3) is 0.125. The van der Waals surface area contributed by atoms with E-state index in [1.807, 2.05) is 13.0 Å². The first-order valence-electron chi connectivity index (χ1n) is 18.8. The second-order valence-corrected chi connectivity index (χ2v) is 14.2. The maximum atomic E-state index is 7.33. The molecule has 6 heteroatoms. The Bertz CT molecular complexity index is 2680. The fourth-order valence-electron chi connectivity index (χ4n) is 8.74. The summed E-state index contributed by atoms with van der Waals surface area (Å²) in [5.74, 6) is -0.140. The summed E-state index contributed by atoms with van der Waals surface area (Å²) in [6, 6.07) is 58.2. The molecule has 54 heavy (non-hydrogen) atoms. The normalized spacial score (nSPS) is 20.2. The van der Waals surface area contributed by atoms with Crippen LogP contribution in [0.1, 0.15) is 47.4 Å². The van der Waals surface area contributed by atoms with Gasteiger partial charge in [0.2, 0.25) is 0 Å². The van der Waals surface area contributed by atoms with Gasteiger partial charge in [0.15, 0.2) is 0 Å². The van der Waals surface area contributed by atoms with Gasteiger partial charge in [0.05, 0.1) is 17.2 Å². The highest BCUT2D eigenvalue weighted by molar-refractivity contribution is 6.11. The predicted octanol–water partition coefficient (Wildman–Crippen LogP) is 10.9. The Balaban J connectivity index is 1.04. The first-order chi connectivity index (χ1) is 26.7. The fourth-order valence-corrected chi connectivity index (χ4v) is 8.74. The van der Waals surface area contributed by atoms with Crippen LogP contribution >= 0.6 is 0 Å². The molecule has 0 amide bonds. The molecule has 1 aliphatic carbocycles. The van der Waals surface area contributed by atoms with Crippen molar-refractivity contribution in [2.75, 3.05) is 0 Å². The van der Waals surface area contributed by atoms with Crippen molar-refractivity contribution in [1.29, 1.82) is 0 Å². The summed E-state index contributed by atoms with van der Waals surface area (Å²) in [5, 5.41) is 23.1. The van der Waals surface area contributed by atoms with Gasteiger partial charge in [0.1, 0.15) is 0 Å². The van der Waals surface area contributed by atoms with E-state index in [-0.39, 0.29) is 18.2 Å². The highest BCUT2D eigenvalue weighted by Crippen LogP contribution is 2.50. The number of para-hydroxylation sites is 2. The van der Waals surface area contributed by atoms with E-state index in [1.165, 1.54) is 54.9 Å². The molecule has 4 N–H and O–H groups in total. The minimum absolute atomic E-state index is 0.140. The summed E-state index contributed by atoms with van der Waals surface area (Å²) in [5.41, 5.74) is 18.7. The Kier molecular flexibility index (Phi) is 8.12. The Morgan fingerprint density at radius 3 is 2.17 bits per heavy atom. The number of aromatic nitrogens is 1. The number of nitrogens with two attached hydrogens (primary N) is 1. The van der Waals surface area contributed by atoms with Gasteiger partial charge in [0.25, 0.3) is 0 Å². The third-order valence-electron chi connectivity index (χ3n) is 11.2. The monoisotopic (exact) mass is 700 g/mol. The van der Waals surface area contributed by atoms with E-state index in [0.29, 0.717) is 0 Å². The van der Waals surface area contributed by atoms with E-state index in [1.54, 1.807) is 0 Å². The molecule has 0 saturated carbocycles. The molecule has 1 aliphatic heterocycles. The number of hydrogen-bond acceptors (Lipinski definition) is 3. The summed E-state index contributed by atoms with van der Waals surface area (Å²) in [4.78, 5) is 0. The van der Waals surface area contributed by atoms with Crippen LogP contribution in [0, 0.1) is 0 Å². The van der Waals surface area contributed by atoms with Crippen LogP contribution in [0.4, 0.5) is 0 Å². The maximum absolute atomic E-state index is 7.33. The van der Waals surface area contributed by atoms with Crippen molar-refractivity contribution >= 4 is 32.6 Å². The van der Waals surface area contributed by atoms with Crippen LogP contribution in [0.3, 0.4) is 0 Å². The van der Waals surface area contributed by atoms with Gasteiger partial charge < -0.3 is 31.6 Å². The van der Waals surface area contributed by atoms with Gasteiger partial charge in [0, 0.05) is 22.4 Å². The molecule has 264 valence electrons. The molecule has 7 aromatic carbocycles. The number of hydrogen-bond donors (Lipinski definition) is 3. The van der Waals surface area contributed by atoms with E-state index in [2.05, 4.69) is 179 Å². The van der Waals surface area contributed by atoms with Gasteiger partial charge >= 0.3 is 0 Å². The van der Waals surface area contributed by atoms with Gasteiger partial charge in [-0.05, 0) is 75.8 Å². The van der Waals surface area contributed by atoms with Crippen LogP contribution in [0.25, 0.3) is 60.0 Å². The van der Waals surface area contributed by atoms with E-state index in [0.717, 1.165) is 22.5 Å². The van der Waals surface area contributed by atoms with E-state index >= 15 is 0 Å². The van der Waals surface area contributed by atoms with E-state index in [9.17, 15) is 0 Å². The number of fused-ring (bicyclic) bond motifs is 7. The smallest absolute Gasteiger partial charge is 0.0820 e. The Morgan fingerprint density at radius 2 is 1.33 bits per heavy atom. The molecular formula is C48H40N6-2. The first kappa shape index (κ1) is 32.6. The summed E-state index contributed by atoms with van der Waals surface area (Å²) in [7, 11) is 0. The molecule has 1 aromatic heterocycles. The van der Waals surface area contributed by atoms with Crippen LogP contribution in [0.15, 0.2) is 176 Å². The summed E-state index contributed by atoms with van der Waals surface area (Å²) >= 11 is 0. The molecule has 0 radical (unpaired) electrons. The quantitative estimate of drug-likeness (QED) is 0.155. The second-order valence-electron chi connectivity index (χ2n) is 14.2. The third-order valence-corrected chi connectivity index (χ3v) is 11.2. The van der Waals surface area contributed by atoms with Crippen molar-refractivity contribution in [2.45, 2.75) is 37.5 Å². The molecule has 2 heterocycles. The topological polar surface area (TPSA) is 83.2 Å². The van der Waals surface area contributed by atoms with Gasteiger partial charge in [-0.25, -0.2) is 0 Å². The molecule has 4 unspecified atom stereocenters. The average molecular weight is 701 g/mol. The lowest BCUT2D eigenvalue weighted by molar-refractivity contribution is 0.333. The van der Waals surface area contributed by atoms with Crippen LogP contribution in [-0.4, -0.2) is 16.9 Å². The first-order valence-corrected chi connectivity index (χ1v) is 18.8. The van der Waals surface area contributed by atoms with Gasteiger partial charge in [-0.1, -0.05) is 158 Å². The van der Waals surface area contributed by atoms with Crippen molar-refractivity contribution in [3.63, 3.8) is 0 Å². The molecular weight excluding hydrogens is 661 g/mol. The van der Waals surface area contributed by atoms with E-state index in [4.69, 9.17) is 16.4 Å². The third kappa shape index (κ3) is 5.42. The zero-order valence-corrected chi connectivity index (χ0v) is 30.0. The molecule has 10 rings (SSSR count). The molecule has 1 saturated heterocycles. The summed E-state index contributed by atoms with van der Waals surface area (Å²) in [6.07, 6.45) is 0.696. The van der Waals surface area contributed by atoms with Crippen molar-refractivity contribution in [3.05, 3.63) is 208 Å². The standard InChI is InChI=1S/C48H40N6/c1-2-41(48-52-46(31-17-5-3-6-18-31)51-47(53-48)37-26-15-19-30-16-9-10-22-33(30)37)50-45(49)44-36-25-12-11-23-34(36)38-28-39-35-24-13-14-27-42(35)54(43(39)29-40(38)44)32-20-7-4-8-21-32/h2-29,44-48,51,53H,49H2,1H3/q-2/b41-2-/t44-,45?,46?,47?,48?/m1/s1. The maximum Gasteiger partial charge on any atom is 0.0820 e. The summed E-state index contributed by atoms with van der Waals surface area (Å²) < 4.78 is 2.38. The second kappa shape index (κ2) is 13.4. The summed E-state index contributed by atoms with van der Waals surface area (Å²) in [6.45, 7) is 2.04. The largest absolute Gasteiger partial charge is 0.673 e. The van der Waals surface area contributed by atoms with Crippen molar-refractivity contribution in [3.8, 4) is 16.8 Å². The molecule has 2 aliphatic rings. The molecule has 1 fully saturated rings. The minimum atomic E-state index is -0.552. The zero-order chi connectivity index (χ0) is 36.2. The van der Waals surface area contributed by atoms with Crippen LogP contribution in [-0.2, 0) is 0 Å². The van der Waals surface area contributed by atoms with Crippen LogP contribution < -0.4 is 16.4 Å². The van der Waals surface area contributed by atoms with Crippen molar-refractivity contribution in [1.82, 2.24) is 15.2 Å². The number of allylic oxidation sites excluding steroid dienone is 1. The highest BCUT2D eigenvalue weighted by Gasteiger charge is 2.32. The van der Waals surface area contributed by atoms with Crippen LogP contribution in [0.5, 0.6) is 0 Å². The Morgan fingerprint density at radius 1 is 0.648 bits per heavy atom. The molecule has 5 atom stereocenters. The zero-order valence-electron chi connectivity index (χ0n) is 30.0. The number of benzene rings is 7. The number of nitrogens with one attached hydrogen (secondary N) is 2. The van der Waals surface area contributed by atoms with Crippen molar-refractivity contribution < 1.29 is 0 Å². The van der Waals surface area contributed by atoms with E-state index < -0.39 is 12.3 Å². The van der Waals surface area contributed by atoms with Gasteiger partial charge in [-0.3, -0.25) is 0 Å². The van der Waals surface area contributed by atoms with Crippen molar-refractivity contribution in [2.24, 2.45) is 5.73 Å². The lowest BCUT2D eigenvalue weighted by Crippen LogP contribution is -2.49.